The van der Waals surface area contributed by atoms with Crippen LogP contribution in [0.1, 0.15) is 25.3 Å². The Morgan fingerprint density at radius 2 is 2.19 bits per heavy atom. The summed E-state index contributed by atoms with van der Waals surface area (Å²) in [4.78, 5) is 37.5. The molecule has 2 aliphatic heterocycles. The average Bonchev–Trinajstić information content (AvgIpc) is 3.18. The van der Waals surface area contributed by atoms with Crippen molar-refractivity contribution in [3.05, 3.63) is 41.3 Å². The van der Waals surface area contributed by atoms with E-state index in [1.54, 1.807) is 9.80 Å². The average molecular weight is 462 g/mol. The molecule has 2 aromatic rings. The van der Waals surface area contributed by atoms with Gasteiger partial charge in [-0.05, 0) is 62.4 Å². The Hall–Kier alpha value is -2.65. The van der Waals surface area contributed by atoms with Gasteiger partial charge in [-0.25, -0.2) is 9.97 Å². The van der Waals surface area contributed by atoms with E-state index in [0.29, 0.717) is 37.0 Å². The number of fused-ring (bicyclic) bond motifs is 1. The first kappa shape index (κ1) is 21.6. The van der Waals surface area contributed by atoms with Crippen molar-refractivity contribution in [2.45, 2.75) is 32.4 Å². The lowest BCUT2D eigenvalue weighted by atomic mass is 10.1. The number of hydrogen-bond acceptors (Lipinski definition) is 6. The minimum Gasteiger partial charge on any atom is -0.477 e. The van der Waals surface area contributed by atoms with Crippen LogP contribution in [0.15, 0.2) is 35.7 Å². The van der Waals surface area contributed by atoms with Crippen LogP contribution in [0.4, 0.5) is 5.82 Å². The van der Waals surface area contributed by atoms with Crippen molar-refractivity contribution in [2.75, 3.05) is 25.4 Å². The summed E-state index contributed by atoms with van der Waals surface area (Å²) in [6, 6.07) is 5.22. The molecule has 0 bridgehead atoms. The molecule has 8 nitrogen and oxygen atoms in total. The van der Waals surface area contributed by atoms with Crippen molar-refractivity contribution in [3.8, 4) is 0 Å². The lowest BCUT2D eigenvalue weighted by molar-refractivity contribution is -0.153. The molecule has 1 saturated heterocycles. The van der Waals surface area contributed by atoms with Crippen molar-refractivity contribution in [3.63, 3.8) is 0 Å². The van der Waals surface area contributed by atoms with Crippen LogP contribution in [0.3, 0.4) is 0 Å². The van der Waals surface area contributed by atoms with Gasteiger partial charge in [0, 0.05) is 25.0 Å². The number of allylic oxidation sites excluding steroid dienone is 1. The third-order valence-electron chi connectivity index (χ3n) is 5.45. The number of benzene rings is 1. The first-order valence-electron chi connectivity index (χ1n) is 10.1. The number of aromatic nitrogens is 2. The van der Waals surface area contributed by atoms with E-state index < -0.39 is 15.7 Å². The molecule has 0 saturated carbocycles. The number of nitrogen functional groups attached to an aromatic ring is 1. The van der Waals surface area contributed by atoms with Gasteiger partial charge in [-0.2, -0.15) is 0 Å². The van der Waals surface area contributed by atoms with Crippen molar-refractivity contribution < 1.29 is 14.3 Å². The van der Waals surface area contributed by atoms with Gasteiger partial charge in [-0.1, -0.05) is 13.0 Å². The summed E-state index contributed by atoms with van der Waals surface area (Å²) in [5, 5.41) is 3.36. The fourth-order valence-electron chi connectivity index (χ4n) is 3.85. The first-order chi connectivity index (χ1) is 15.0. The van der Waals surface area contributed by atoms with Crippen LogP contribution >= 0.6 is 20.4 Å². The van der Waals surface area contributed by atoms with Crippen molar-refractivity contribution in [1.82, 2.24) is 19.8 Å². The van der Waals surface area contributed by atoms with Crippen LogP contribution in [0.25, 0.3) is 10.9 Å². The van der Waals surface area contributed by atoms with Gasteiger partial charge in [0.25, 0.3) is 5.91 Å². The molecule has 0 radical (unpaired) electrons. The van der Waals surface area contributed by atoms with Crippen LogP contribution in [-0.4, -0.2) is 62.7 Å². The van der Waals surface area contributed by atoms with E-state index in [-0.39, 0.29) is 18.4 Å². The quantitative estimate of drug-likeness (QED) is 0.663. The highest BCUT2D eigenvalue weighted by Crippen LogP contribution is 2.35. The van der Waals surface area contributed by atoms with Gasteiger partial charge in [0.1, 0.15) is 18.2 Å². The summed E-state index contributed by atoms with van der Waals surface area (Å²) in [6.45, 7) is 3.18. The van der Waals surface area contributed by atoms with Crippen molar-refractivity contribution in [2.24, 2.45) is 0 Å². The minimum absolute atomic E-state index is 0.0603. The smallest absolute Gasteiger partial charge is 0.261 e. The molecule has 2 atom stereocenters. The number of rotatable bonds is 6. The molecule has 1 aromatic heterocycles. The zero-order valence-corrected chi connectivity index (χ0v) is 18.7. The molecule has 2 N–H and O–H groups in total. The number of piperazine rings is 1. The fraction of sp³-hybridized carbons (Fsp3) is 0.381. The Bertz CT molecular complexity index is 1090. The highest BCUT2D eigenvalue weighted by Gasteiger charge is 2.36. The third-order valence-corrected chi connectivity index (χ3v) is 7.44. The van der Waals surface area contributed by atoms with Gasteiger partial charge < -0.3 is 20.3 Å². The van der Waals surface area contributed by atoms with Crippen LogP contribution in [0, 0.1) is 0 Å². The van der Waals surface area contributed by atoms with Gasteiger partial charge in [0.05, 0.1) is 5.52 Å². The lowest BCUT2D eigenvalue weighted by Crippen LogP contribution is -2.58. The first-order valence-corrected chi connectivity index (χ1v) is 12.2. The summed E-state index contributed by atoms with van der Waals surface area (Å²) in [7, 11) is 5.58. The monoisotopic (exact) mass is 461 g/mol. The highest BCUT2D eigenvalue weighted by atomic mass is 35.7. The minimum atomic E-state index is -0.566. The third kappa shape index (κ3) is 4.52. The second-order valence-electron chi connectivity index (χ2n) is 7.38. The summed E-state index contributed by atoms with van der Waals surface area (Å²) < 4.78 is 5.60. The van der Waals surface area contributed by atoms with E-state index in [0.717, 1.165) is 22.9 Å². The summed E-state index contributed by atoms with van der Waals surface area (Å²) in [5.74, 6) is 0.175. The van der Waals surface area contributed by atoms with E-state index in [4.69, 9.17) is 21.2 Å². The summed E-state index contributed by atoms with van der Waals surface area (Å²) in [5.41, 5.74) is 7.59. The molecule has 2 amide bonds. The largest absolute Gasteiger partial charge is 0.477 e. The standard InChI is InChI=1S/C21H24ClN5O3S/c1-2-17-21(29)26(11-14-5-6-15-16(10-14)24-13-25-20(15)23)7-8-27(17)18(28)12-30-19-4-3-9-31(19)22/h4-6,9-10,13,17H,2-3,7-8,11-12H2,1H3,(H2,23,24,25)/t17-,31?/m0/s1. The SMILES string of the molecule is CC[C@H]1C(=O)N(Cc2ccc3c(N)ncnc3c2)CCN1C(=O)COC1=CCC=S1Cl. The zero-order chi connectivity index (χ0) is 22.0. The van der Waals surface area contributed by atoms with Gasteiger partial charge in [-0.15, -0.1) is 0 Å². The maximum Gasteiger partial charge on any atom is 0.261 e. The van der Waals surface area contributed by atoms with Gasteiger partial charge in [0.15, 0.2) is 11.7 Å². The Morgan fingerprint density at radius 3 is 2.94 bits per heavy atom. The van der Waals surface area contributed by atoms with E-state index >= 15 is 0 Å². The molecule has 0 spiro atoms. The van der Waals surface area contributed by atoms with E-state index in [2.05, 4.69) is 9.97 Å². The number of carbonyl (C=O) groups excluding carboxylic acids is 2. The topological polar surface area (TPSA) is 102 Å². The molecule has 1 aromatic carbocycles. The van der Waals surface area contributed by atoms with Crippen LogP contribution in [0.2, 0.25) is 0 Å². The summed E-state index contributed by atoms with van der Waals surface area (Å²) in [6.07, 6.45) is 4.60. The predicted octanol–water partition coefficient (Wildman–Crippen LogP) is 2.65. The van der Waals surface area contributed by atoms with Gasteiger partial charge >= 0.3 is 0 Å². The second kappa shape index (κ2) is 9.23. The number of halogens is 1. The molecule has 4 rings (SSSR count). The second-order valence-corrected chi connectivity index (χ2v) is 9.68. The predicted molar refractivity (Wildman–Crippen MR) is 123 cm³/mol. The van der Waals surface area contributed by atoms with E-state index in [1.807, 2.05) is 36.6 Å². The molecular weight excluding hydrogens is 438 g/mol. The Kier molecular flexibility index (Phi) is 6.43. The normalized spacial score (nSPS) is 21.2. The number of nitrogens with zero attached hydrogens (tertiary/aromatic N) is 4. The van der Waals surface area contributed by atoms with Gasteiger partial charge in [0.2, 0.25) is 5.91 Å². The number of anilines is 1. The molecule has 164 valence electrons. The molecule has 2 aliphatic rings. The number of amides is 2. The van der Waals surface area contributed by atoms with Gasteiger partial charge in [-0.3, -0.25) is 9.59 Å². The number of hydrogen-bond donors (Lipinski definition) is 1. The van der Waals surface area contributed by atoms with Crippen LogP contribution in [0.5, 0.6) is 0 Å². The van der Waals surface area contributed by atoms with E-state index in [1.165, 1.54) is 6.33 Å². The number of ether oxygens (including phenoxy) is 1. The number of carbonyl (C=O) groups is 2. The number of nitrogens with two attached hydrogens (primary N) is 1. The molecule has 10 heteroatoms. The Morgan fingerprint density at radius 1 is 1.35 bits per heavy atom. The Labute approximate surface area is 187 Å². The zero-order valence-electron chi connectivity index (χ0n) is 17.2. The molecule has 31 heavy (non-hydrogen) atoms. The molecular formula is C21H24ClN5O3S. The van der Waals surface area contributed by atoms with Crippen molar-refractivity contribution in [1.29, 1.82) is 0 Å². The maximum atomic E-state index is 13.1. The molecule has 1 unspecified atom stereocenters. The van der Waals surface area contributed by atoms with Crippen molar-refractivity contribution >= 4 is 54.3 Å². The van der Waals surface area contributed by atoms with Crippen LogP contribution < -0.4 is 5.73 Å². The molecule has 0 aliphatic carbocycles. The maximum absolute atomic E-state index is 13.1. The summed E-state index contributed by atoms with van der Waals surface area (Å²) >= 11 is 0. The van der Waals surface area contributed by atoms with E-state index in [9.17, 15) is 9.59 Å². The molecule has 3 heterocycles. The lowest BCUT2D eigenvalue weighted by Gasteiger charge is -2.40. The Balaban J connectivity index is 1.42. The molecule has 1 fully saturated rings. The highest BCUT2D eigenvalue weighted by molar-refractivity contribution is 8.37. The van der Waals surface area contributed by atoms with Crippen LogP contribution in [-0.2, 0) is 20.9 Å². The fourth-order valence-corrected chi connectivity index (χ4v) is 5.25.